The maximum atomic E-state index is 12.6. The van der Waals surface area contributed by atoms with Crippen molar-refractivity contribution in [3.63, 3.8) is 0 Å². The number of amides is 2. The van der Waals surface area contributed by atoms with Crippen LogP contribution in [0, 0.1) is 19.3 Å². The molecule has 0 unspecified atom stereocenters. The molecular formula is C17H24N2O2. The molecule has 2 rings (SSSR count). The van der Waals surface area contributed by atoms with E-state index in [1.165, 1.54) is 0 Å². The van der Waals surface area contributed by atoms with Gasteiger partial charge in [-0.05, 0) is 57.7 Å². The van der Waals surface area contributed by atoms with Gasteiger partial charge in [-0.25, -0.2) is 0 Å². The van der Waals surface area contributed by atoms with Gasteiger partial charge in [0.25, 0.3) is 0 Å². The maximum absolute atomic E-state index is 12.6. The van der Waals surface area contributed by atoms with Gasteiger partial charge in [-0.3, -0.25) is 9.59 Å². The highest BCUT2D eigenvalue weighted by Gasteiger charge is 2.57. The first kappa shape index (κ1) is 15.5. The lowest BCUT2D eigenvalue weighted by molar-refractivity contribution is -0.141. The summed E-state index contributed by atoms with van der Waals surface area (Å²) in [6.45, 7) is 9.18. The van der Waals surface area contributed by atoms with Gasteiger partial charge in [0.15, 0.2) is 0 Å². The molecule has 1 saturated carbocycles. The van der Waals surface area contributed by atoms with Crippen LogP contribution >= 0.6 is 0 Å². The number of carbonyl (C=O) groups is 2. The van der Waals surface area contributed by atoms with Crippen molar-refractivity contribution in [1.82, 2.24) is 4.90 Å². The van der Waals surface area contributed by atoms with Gasteiger partial charge in [0.1, 0.15) is 5.41 Å². The molecule has 0 radical (unpaired) electrons. The van der Waals surface area contributed by atoms with Gasteiger partial charge in [0, 0.05) is 18.8 Å². The summed E-state index contributed by atoms with van der Waals surface area (Å²) in [4.78, 5) is 26.9. The molecule has 0 atom stereocenters. The summed E-state index contributed by atoms with van der Waals surface area (Å²) in [6.07, 6.45) is 1.30. The predicted octanol–water partition coefficient (Wildman–Crippen LogP) is 2.89. The maximum Gasteiger partial charge on any atom is 0.240 e. The van der Waals surface area contributed by atoms with Crippen LogP contribution in [0.1, 0.15) is 37.8 Å². The van der Waals surface area contributed by atoms with E-state index in [0.29, 0.717) is 25.9 Å². The van der Waals surface area contributed by atoms with Crippen molar-refractivity contribution in [2.24, 2.45) is 5.41 Å². The summed E-state index contributed by atoms with van der Waals surface area (Å²) in [5, 5.41) is 2.95. The summed E-state index contributed by atoms with van der Waals surface area (Å²) >= 11 is 0. The van der Waals surface area contributed by atoms with Crippen LogP contribution in [0.2, 0.25) is 0 Å². The number of benzene rings is 1. The number of rotatable bonds is 5. The fraction of sp³-hybridized carbons (Fsp3) is 0.529. The highest BCUT2D eigenvalue weighted by atomic mass is 16.2. The molecule has 1 N–H and O–H groups in total. The third-order valence-electron chi connectivity index (χ3n) is 4.50. The summed E-state index contributed by atoms with van der Waals surface area (Å²) in [7, 11) is 0. The average molecular weight is 288 g/mol. The molecule has 21 heavy (non-hydrogen) atoms. The number of hydrogen-bond acceptors (Lipinski definition) is 2. The van der Waals surface area contributed by atoms with Crippen molar-refractivity contribution < 1.29 is 9.59 Å². The van der Waals surface area contributed by atoms with E-state index in [2.05, 4.69) is 5.32 Å². The number of hydrogen-bond donors (Lipinski definition) is 1. The largest absolute Gasteiger partial charge is 0.342 e. The molecule has 0 aromatic heterocycles. The SMILES string of the molecule is CCN(CC)C(=O)C1(C(=O)Nc2cccc(C)c2C)CC1. The number of anilines is 1. The van der Waals surface area contributed by atoms with Crippen molar-refractivity contribution in [2.75, 3.05) is 18.4 Å². The van der Waals surface area contributed by atoms with Crippen LogP contribution in [0.5, 0.6) is 0 Å². The molecule has 2 amide bonds. The Morgan fingerprint density at radius 1 is 1.19 bits per heavy atom. The van der Waals surface area contributed by atoms with E-state index in [1.54, 1.807) is 4.90 Å². The zero-order valence-electron chi connectivity index (χ0n) is 13.3. The molecule has 4 nitrogen and oxygen atoms in total. The molecule has 0 bridgehead atoms. The molecule has 1 aromatic rings. The van der Waals surface area contributed by atoms with E-state index < -0.39 is 5.41 Å². The summed E-state index contributed by atoms with van der Waals surface area (Å²) in [5.74, 6) is -0.191. The topological polar surface area (TPSA) is 49.4 Å². The summed E-state index contributed by atoms with van der Waals surface area (Å²) in [6, 6.07) is 5.82. The third kappa shape index (κ3) is 2.80. The molecule has 1 fully saturated rings. The fourth-order valence-electron chi connectivity index (χ4n) is 2.60. The Morgan fingerprint density at radius 2 is 1.81 bits per heavy atom. The Hall–Kier alpha value is -1.84. The standard InChI is InChI=1S/C17H24N2O2/c1-5-19(6-2)16(21)17(10-11-17)15(20)18-14-9-7-8-12(3)13(14)4/h7-9H,5-6,10-11H2,1-4H3,(H,18,20). The zero-order chi connectivity index (χ0) is 15.6. The predicted molar refractivity (Wildman–Crippen MR) is 84.1 cm³/mol. The molecule has 0 spiro atoms. The van der Waals surface area contributed by atoms with Crippen LogP contribution in [-0.2, 0) is 9.59 Å². The molecular weight excluding hydrogens is 264 g/mol. The molecule has 0 saturated heterocycles. The highest BCUT2D eigenvalue weighted by molar-refractivity contribution is 6.13. The third-order valence-corrected chi connectivity index (χ3v) is 4.50. The minimum absolute atomic E-state index is 0.0321. The first-order valence-corrected chi connectivity index (χ1v) is 7.63. The number of aryl methyl sites for hydroxylation is 1. The highest BCUT2D eigenvalue weighted by Crippen LogP contribution is 2.48. The Morgan fingerprint density at radius 3 is 2.33 bits per heavy atom. The van der Waals surface area contributed by atoms with E-state index in [0.717, 1.165) is 16.8 Å². The van der Waals surface area contributed by atoms with Gasteiger partial charge in [-0.2, -0.15) is 0 Å². The van der Waals surface area contributed by atoms with Gasteiger partial charge in [0.2, 0.25) is 11.8 Å². The lowest BCUT2D eigenvalue weighted by atomic mass is 10.0. The van der Waals surface area contributed by atoms with Crippen molar-refractivity contribution in [2.45, 2.75) is 40.5 Å². The molecule has 1 aliphatic carbocycles. The smallest absolute Gasteiger partial charge is 0.240 e. The Balaban J connectivity index is 2.17. The van der Waals surface area contributed by atoms with Crippen molar-refractivity contribution in [3.8, 4) is 0 Å². The van der Waals surface area contributed by atoms with E-state index in [9.17, 15) is 9.59 Å². The van der Waals surface area contributed by atoms with Gasteiger partial charge in [0.05, 0.1) is 0 Å². The monoisotopic (exact) mass is 288 g/mol. The normalized spacial score (nSPS) is 15.4. The minimum atomic E-state index is -0.831. The van der Waals surface area contributed by atoms with Crippen molar-refractivity contribution in [1.29, 1.82) is 0 Å². The van der Waals surface area contributed by atoms with Crippen LogP contribution in [0.4, 0.5) is 5.69 Å². The first-order valence-electron chi connectivity index (χ1n) is 7.63. The quantitative estimate of drug-likeness (QED) is 0.847. The number of nitrogens with zero attached hydrogens (tertiary/aromatic N) is 1. The molecule has 1 aromatic carbocycles. The van der Waals surface area contributed by atoms with Crippen LogP contribution < -0.4 is 5.32 Å². The molecule has 1 aliphatic rings. The Bertz CT molecular complexity index is 558. The summed E-state index contributed by atoms with van der Waals surface area (Å²) < 4.78 is 0. The number of carbonyl (C=O) groups excluding carboxylic acids is 2. The second-order valence-corrected chi connectivity index (χ2v) is 5.76. The molecule has 114 valence electrons. The van der Waals surface area contributed by atoms with Crippen molar-refractivity contribution in [3.05, 3.63) is 29.3 Å². The van der Waals surface area contributed by atoms with E-state index in [1.807, 2.05) is 45.9 Å². The van der Waals surface area contributed by atoms with Gasteiger partial charge in [-0.1, -0.05) is 12.1 Å². The van der Waals surface area contributed by atoms with Gasteiger partial charge >= 0.3 is 0 Å². The molecule has 0 aliphatic heterocycles. The van der Waals surface area contributed by atoms with Crippen LogP contribution in [0.15, 0.2) is 18.2 Å². The van der Waals surface area contributed by atoms with Gasteiger partial charge < -0.3 is 10.2 Å². The lowest BCUT2D eigenvalue weighted by Gasteiger charge is -2.24. The minimum Gasteiger partial charge on any atom is -0.342 e. The molecule has 0 heterocycles. The second-order valence-electron chi connectivity index (χ2n) is 5.76. The first-order chi connectivity index (χ1) is 9.96. The van der Waals surface area contributed by atoms with E-state index in [4.69, 9.17) is 0 Å². The molecule has 4 heteroatoms. The zero-order valence-corrected chi connectivity index (χ0v) is 13.3. The van der Waals surface area contributed by atoms with Crippen molar-refractivity contribution >= 4 is 17.5 Å². The van der Waals surface area contributed by atoms with E-state index in [-0.39, 0.29) is 11.8 Å². The van der Waals surface area contributed by atoms with Gasteiger partial charge in [-0.15, -0.1) is 0 Å². The summed E-state index contributed by atoms with van der Waals surface area (Å²) in [5.41, 5.74) is 2.16. The second kappa shape index (κ2) is 5.88. The van der Waals surface area contributed by atoms with Crippen LogP contribution in [0.3, 0.4) is 0 Å². The fourth-order valence-corrected chi connectivity index (χ4v) is 2.60. The van der Waals surface area contributed by atoms with E-state index >= 15 is 0 Å². The number of nitrogens with one attached hydrogen (secondary N) is 1. The van der Waals surface area contributed by atoms with Crippen LogP contribution in [-0.4, -0.2) is 29.8 Å². The Labute approximate surface area is 126 Å². The lowest BCUT2D eigenvalue weighted by Crippen LogP contribution is -2.42. The van der Waals surface area contributed by atoms with Crippen LogP contribution in [0.25, 0.3) is 0 Å². The average Bonchev–Trinajstić information content (AvgIpc) is 3.26. The Kier molecular flexibility index (Phi) is 4.35.